The van der Waals surface area contributed by atoms with Gasteiger partial charge in [0, 0.05) is 6.42 Å². The van der Waals surface area contributed by atoms with Crippen molar-refractivity contribution in [2.45, 2.75) is 18.2 Å². The quantitative estimate of drug-likeness (QED) is 0.764. The van der Waals surface area contributed by atoms with Crippen molar-refractivity contribution in [3.8, 4) is 0 Å². The van der Waals surface area contributed by atoms with Crippen LogP contribution in [0.4, 0.5) is 0 Å². The molecule has 14 heavy (non-hydrogen) atoms. The summed E-state index contributed by atoms with van der Waals surface area (Å²) in [5.74, 6) is -0.0579. The lowest BCUT2D eigenvalue weighted by molar-refractivity contribution is -0.116. The normalized spacial score (nSPS) is 11.3. The summed E-state index contributed by atoms with van der Waals surface area (Å²) in [6.45, 7) is 1.42. The van der Waals surface area contributed by atoms with E-state index in [9.17, 15) is 13.2 Å². The molecule has 1 aromatic rings. The Morgan fingerprint density at radius 2 is 2.07 bits per heavy atom. The molecule has 0 heterocycles. The van der Waals surface area contributed by atoms with Gasteiger partial charge in [0.15, 0.2) is 0 Å². The fourth-order valence-corrected chi connectivity index (χ4v) is 1.65. The van der Waals surface area contributed by atoms with Gasteiger partial charge < -0.3 is 0 Å². The van der Waals surface area contributed by atoms with E-state index in [0.717, 1.165) is 0 Å². The molecule has 0 radical (unpaired) electrons. The maximum Gasteiger partial charge on any atom is 0.294 e. The van der Waals surface area contributed by atoms with E-state index in [1.807, 2.05) is 0 Å². The van der Waals surface area contributed by atoms with Crippen molar-refractivity contribution in [3.63, 3.8) is 0 Å². The van der Waals surface area contributed by atoms with Crippen LogP contribution >= 0.6 is 0 Å². The van der Waals surface area contributed by atoms with Crippen LogP contribution in [0.2, 0.25) is 0 Å². The number of Topliss-reactive ketones (excluding diaryl/α,β-unsaturated/α-hetero) is 1. The minimum atomic E-state index is -4.17. The molecule has 0 aliphatic rings. The molecule has 0 aromatic heterocycles. The van der Waals surface area contributed by atoms with Crippen LogP contribution in [0.3, 0.4) is 0 Å². The Hall–Kier alpha value is -1.20. The fourth-order valence-electron chi connectivity index (χ4n) is 1.10. The summed E-state index contributed by atoms with van der Waals surface area (Å²) < 4.78 is 30.2. The molecule has 0 spiro atoms. The molecule has 76 valence electrons. The predicted molar refractivity (Wildman–Crippen MR) is 50.6 cm³/mol. The summed E-state index contributed by atoms with van der Waals surface area (Å²) in [5.41, 5.74) is 0.577. The summed E-state index contributed by atoms with van der Waals surface area (Å²) in [7, 11) is -4.17. The SMILES string of the molecule is CC(=O)Cc1cccc(S(=O)(=O)O)c1. The number of carbonyl (C=O) groups is 1. The van der Waals surface area contributed by atoms with Gasteiger partial charge in [-0.25, -0.2) is 0 Å². The zero-order valence-corrected chi connectivity index (χ0v) is 8.41. The van der Waals surface area contributed by atoms with Crippen LogP contribution < -0.4 is 0 Å². The van der Waals surface area contributed by atoms with Gasteiger partial charge in [-0.05, 0) is 24.6 Å². The summed E-state index contributed by atoms with van der Waals surface area (Å²) >= 11 is 0. The number of carbonyl (C=O) groups excluding carboxylic acids is 1. The first-order valence-corrected chi connectivity index (χ1v) is 5.39. The van der Waals surface area contributed by atoms with Crippen LogP contribution in [0, 0.1) is 0 Å². The average molecular weight is 214 g/mol. The van der Waals surface area contributed by atoms with E-state index < -0.39 is 10.1 Å². The van der Waals surface area contributed by atoms with Gasteiger partial charge in [0.05, 0.1) is 4.90 Å². The van der Waals surface area contributed by atoms with E-state index >= 15 is 0 Å². The summed E-state index contributed by atoms with van der Waals surface area (Å²) in [4.78, 5) is 10.6. The summed E-state index contributed by atoms with van der Waals surface area (Å²) in [6, 6.07) is 5.69. The molecule has 1 N–H and O–H groups in total. The van der Waals surface area contributed by atoms with E-state index in [2.05, 4.69) is 0 Å². The van der Waals surface area contributed by atoms with Crippen molar-refractivity contribution < 1.29 is 17.8 Å². The molecule has 0 unspecified atom stereocenters. The number of benzene rings is 1. The van der Waals surface area contributed by atoms with Crippen LogP contribution in [0.15, 0.2) is 29.2 Å². The third kappa shape index (κ3) is 2.93. The van der Waals surface area contributed by atoms with E-state index in [1.54, 1.807) is 6.07 Å². The topological polar surface area (TPSA) is 71.4 Å². The first-order chi connectivity index (χ1) is 6.39. The van der Waals surface area contributed by atoms with Crippen molar-refractivity contribution in [3.05, 3.63) is 29.8 Å². The van der Waals surface area contributed by atoms with Crippen LogP contribution in [0.1, 0.15) is 12.5 Å². The van der Waals surface area contributed by atoms with E-state index in [4.69, 9.17) is 4.55 Å². The Kier molecular flexibility index (Phi) is 3.03. The number of hydrogen-bond donors (Lipinski definition) is 1. The predicted octanol–water partition coefficient (Wildman–Crippen LogP) is 1.06. The number of ketones is 1. The van der Waals surface area contributed by atoms with Gasteiger partial charge in [0.2, 0.25) is 0 Å². The molecular weight excluding hydrogens is 204 g/mol. The highest BCUT2D eigenvalue weighted by Crippen LogP contribution is 2.11. The fraction of sp³-hybridized carbons (Fsp3) is 0.222. The third-order valence-corrected chi connectivity index (χ3v) is 2.50. The Morgan fingerprint density at radius 3 is 2.57 bits per heavy atom. The summed E-state index contributed by atoms with van der Waals surface area (Å²) in [5, 5.41) is 0. The van der Waals surface area contributed by atoms with Crippen molar-refractivity contribution in [1.82, 2.24) is 0 Å². The van der Waals surface area contributed by atoms with Gasteiger partial charge >= 0.3 is 0 Å². The monoisotopic (exact) mass is 214 g/mol. The van der Waals surface area contributed by atoms with Crippen LogP contribution in [0.25, 0.3) is 0 Å². The Balaban J connectivity index is 3.08. The number of rotatable bonds is 3. The zero-order valence-electron chi connectivity index (χ0n) is 7.60. The Bertz CT molecular complexity index is 448. The lowest BCUT2D eigenvalue weighted by atomic mass is 10.1. The van der Waals surface area contributed by atoms with Gasteiger partial charge in [0.25, 0.3) is 10.1 Å². The lowest BCUT2D eigenvalue weighted by Crippen LogP contribution is -2.01. The highest BCUT2D eigenvalue weighted by Gasteiger charge is 2.09. The molecular formula is C9H10O4S. The van der Waals surface area contributed by atoms with E-state index in [0.29, 0.717) is 5.56 Å². The largest absolute Gasteiger partial charge is 0.300 e. The molecule has 0 bridgehead atoms. The first-order valence-electron chi connectivity index (χ1n) is 3.95. The van der Waals surface area contributed by atoms with Crippen molar-refractivity contribution in [2.75, 3.05) is 0 Å². The molecule has 0 fully saturated rings. The molecule has 4 nitrogen and oxygen atoms in total. The maximum absolute atomic E-state index is 10.8. The van der Waals surface area contributed by atoms with E-state index in [1.165, 1.54) is 25.1 Å². The van der Waals surface area contributed by atoms with Crippen molar-refractivity contribution >= 4 is 15.9 Å². The average Bonchev–Trinajstić information content (AvgIpc) is 2.01. The van der Waals surface area contributed by atoms with Crippen molar-refractivity contribution in [2.24, 2.45) is 0 Å². The second-order valence-electron chi connectivity index (χ2n) is 3.00. The van der Waals surface area contributed by atoms with Crippen LogP contribution in [0.5, 0.6) is 0 Å². The van der Waals surface area contributed by atoms with Gasteiger partial charge in [-0.1, -0.05) is 12.1 Å². The maximum atomic E-state index is 10.8. The molecule has 0 aliphatic heterocycles. The van der Waals surface area contributed by atoms with Gasteiger partial charge in [-0.3, -0.25) is 9.35 Å². The minimum absolute atomic E-state index is 0.0579. The molecule has 1 aromatic carbocycles. The smallest absolute Gasteiger partial charge is 0.294 e. The highest BCUT2D eigenvalue weighted by atomic mass is 32.2. The standard InChI is InChI=1S/C9H10O4S/c1-7(10)5-8-3-2-4-9(6-8)14(11,12)13/h2-4,6H,5H2,1H3,(H,11,12,13). The van der Waals surface area contributed by atoms with E-state index in [-0.39, 0.29) is 17.1 Å². The Labute approximate surface area is 82.3 Å². The molecule has 0 aliphatic carbocycles. The second-order valence-corrected chi connectivity index (χ2v) is 4.42. The highest BCUT2D eigenvalue weighted by molar-refractivity contribution is 7.85. The second kappa shape index (κ2) is 3.89. The zero-order chi connectivity index (χ0) is 10.8. The first kappa shape index (κ1) is 10.9. The van der Waals surface area contributed by atoms with Crippen LogP contribution in [-0.4, -0.2) is 18.8 Å². The van der Waals surface area contributed by atoms with Gasteiger partial charge in [-0.15, -0.1) is 0 Å². The lowest BCUT2D eigenvalue weighted by Gasteiger charge is -2.00. The Morgan fingerprint density at radius 1 is 1.43 bits per heavy atom. The molecule has 5 heteroatoms. The molecule has 0 atom stereocenters. The molecule has 0 saturated carbocycles. The molecule has 0 saturated heterocycles. The number of hydrogen-bond acceptors (Lipinski definition) is 3. The third-order valence-electron chi connectivity index (χ3n) is 1.65. The summed E-state index contributed by atoms with van der Waals surface area (Å²) in [6.07, 6.45) is 0.170. The van der Waals surface area contributed by atoms with Gasteiger partial charge in [-0.2, -0.15) is 8.42 Å². The van der Waals surface area contributed by atoms with Crippen molar-refractivity contribution in [1.29, 1.82) is 0 Å². The van der Waals surface area contributed by atoms with Gasteiger partial charge in [0.1, 0.15) is 5.78 Å². The molecule has 0 amide bonds. The van der Waals surface area contributed by atoms with Crippen LogP contribution in [-0.2, 0) is 21.3 Å². The molecule has 1 rings (SSSR count). The minimum Gasteiger partial charge on any atom is -0.300 e.